The van der Waals surface area contributed by atoms with E-state index in [0.717, 1.165) is 4.73 Å². The van der Waals surface area contributed by atoms with Crippen molar-refractivity contribution in [3.63, 3.8) is 0 Å². The largest absolute Gasteiger partial charge is 0.618 e. The van der Waals surface area contributed by atoms with Crippen molar-refractivity contribution in [3.8, 4) is 5.75 Å². The number of aryl methyl sites for hydroxylation is 1. The molecule has 1 N–H and O–H groups in total. The zero-order chi connectivity index (χ0) is 11.0. The zero-order valence-corrected chi connectivity index (χ0v) is 8.10. The smallest absolute Gasteiger partial charge is 0.224 e. The molecule has 4 heteroatoms. The number of fused-ring (bicyclic) bond motifs is 1. The molecular weight excluding hydrogens is 194 g/mol. The summed E-state index contributed by atoms with van der Waals surface area (Å²) in [5.41, 5.74) is 0.418. The van der Waals surface area contributed by atoms with Gasteiger partial charge in [-0.25, -0.2) is 0 Å². The highest BCUT2D eigenvalue weighted by atomic mass is 16.5. The van der Waals surface area contributed by atoms with Crippen molar-refractivity contribution in [1.82, 2.24) is 0 Å². The van der Waals surface area contributed by atoms with E-state index in [9.17, 15) is 15.1 Å². The van der Waals surface area contributed by atoms with Gasteiger partial charge >= 0.3 is 0 Å². The first kappa shape index (κ1) is 9.45. The van der Waals surface area contributed by atoms with Crippen LogP contribution in [-0.2, 0) is 0 Å². The van der Waals surface area contributed by atoms with E-state index in [1.807, 2.05) is 0 Å². The van der Waals surface area contributed by atoms with E-state index in [1.54, 1.807) is 19.1 Å². The lowest BCUT2D eigenvalue weighted by atomic mass is 10.2. The quantitative estimate of drug-likeness (QED) is 0.510. The van der Waals surface area contributed by atoms with E-state index in [1.165, 1.54) is 18.2 Å². The van der Waals surface area contributed by atoms with Gasteiger partial charge in [0, 0.05) is 25.1 Å². The molecule has 0 spiro atoms. The highest BCUT2D eigenvalue weighted by Crippen LogP contribution is 2.09. The fourth-order valence-electron chi connectivity index (χ4n) is 1.41. The maximum absolute atomic E-state index is 11.6. The molecule has 2 rings (SSSR count). The van der Waals surface area contributed by atoms with Gasteiger partial charge in [-0.05, 0) is 12.1 Å². The molecule has 0 amide bonds. The van der Waals surface area contributed by atoms with Crippen LogP contribution in [0.5, 0.6) is 5.75 Å². The van der Waals surface area contributed by atoms with E-state index in [0.29, 0.717) is 16.6 Å². The van der Waals surface area contributed by atoms with E-state index < -0.39 is 5.43 Å². The van der Waals surface area contributed by atoms with Crippen LogP contribution in [0.2, 0.25) is 0 Å². The minimum absolute atomic E-state index is 0.358. The van der Waals surface area contributed by atoms with Crippen LogP contribution in [0.1, 0.15) is 5.69 Å². The monoisotopic (exact) mass is 203 g/mol. The molecule has 0 radical (unpaired) electrons. The fraction of sp³-hybridized carbons (Fsp3) is 0.0909. The molecule has 0 aliphatic heterocycles. The summed E-state index contributed by atoms with van der Waals surface area (Å²) in [7, 11) is 0. The summed E-state index contributed by atoms with van der Waals surface area (Å²) in [6.07, 6.45) is 0. The van der Waals surface area contributed by atoms with E-state index in [-0.39, 0.29) is 5.75 Å². The molecule has 0 unspecified atom stereocenters. The first-order valence-electron chi connectivity index (χ1n) is 4.46. The Bertz CT molecular complexity index is 593. The second-order valence-corrected chi connectivity index (χ2v) is 3.34. The lowest BCUT2D eigenvalue weighted by Crippen LogP contribution is -2.30. The number of hydrogen-bond donors (Lipinski definition) is 1. The predicted octanol–water partition coefficient (Wildman–Crippen LogP) is 0.847. The molecule has 0 saturated carbocycles. The van der Waals surface area contributed by atoms with Gasteiger partial charge in [0.2, 0.25) is 10.9 Å². The SMILES string of the molecule is Cc1ccc2cc(=O)c(O)ccc2[n+]1[O-]. The maximum atomic E-state index is 11.6. The van der Waals surface area contributed by atoms with Gasteiger partial charge in [-0.1, -0.05) is 0 Å². The van der Waals surface area contributed by atoms with Crippen molar-refractivity contribution in [2.45, 2.75) is 6.92 Å². The molecule has 0 aliphatic rings. The number of aromatic hydroxyl groups is 1. The molecular formula is C11H9NO3. The third-order valence-electron chi connectivity index (χ3n) is 2.28. The fourth-order valence-corrected chi connectivity index (χ4v) is 1.41. The Morgan fingerprint density at radius 3 is 2.73 bits per heavy atom. The van der Waals surface area contributed by atoms with Crippen LogP contribution in [0.4, 0.5) is 0 Å². The molecule has 1 heterocycles. The number of hydrogen-bond acceptors (Lipinski definition) is 3. The summed E-state index contributed by atoms with van der Waals surface area (Å²) in [6, 6.07) is 7.23. The number of rotatable bonds is 0. The van der Waals surface area contributed by atoms with Gasteiger partial charge in [0.05, 0.1) is 5.39 Å². The van der Waals surface area contributed by atoms with Gasteiger partial charge in [-0.3, -0.25) is 4.79 Å². The first-order valence-corrected chi connectivity index (χ1v) is 4.46. The summed E-state index contributed by atoms with van der Waals surface area (Å²) in [4.78, 5) is 11.3. The Morgan fingerprint density at radius 1 is 1.27 bits per heavy atom. The Kier molecular flexibility index (Phi) is 2.04. The Balaban J connectivity index is 3.00. The van der Waals surface area contributed by atoms with E-state index >= 15 is 0 Å². The van der Waals surface area contributed by atoms with Gasteiger partial charge in [0.25, 0.3) is 0 Å². The molecule has 0 fully saturated rings. The van der Waals surface area contributed by atoms with Gasteiger partial charge in [-0.2, -0.15) is 4.73 Å². The molecule has 4 nitrogen and oxygen atoms in total. The summed E-state index contributed by atoms with van der Waals surface area (Å²) < 4.78 is 0.730. The highest BCUT2D eigenvalue weighted by molar-refractivity contribution is 5.75. The van der Waals surface area contributed by atoms with Gasteiger partial charge in [-0.15, -0.1) is 0 Å². The minimum atomic E-state index is -0.492. The molecule has 0 bridgehead atoms. The Labute approximate surface area is 85.6 Å². The summed E-state index contributed by atoms with van der Waals surface area (Å²) >= 11 is 0. The minimum Gasteiger partial charge on any atom is -0.618 e. The molecule has 2 aromatic rings. The van der Waals surface area contributed by atoms with Crippen LogP contribution < -0.4 is 10.2 Å². The van der Waals surface area contributed by atoms with Crippen LogP contribution in [-0.4, -0.2) is 5.11 Å². The van der Waals surface area contributed by atoms with Crippen LogP contribution >= 0.6 is 0 Å². The second-order valence-electron chi connectivity index (χ2n) is 3.34. The number of nitrogens with zero attached hydrogens (tertiary/aromatic N) is 1. The third kappa shape index (κ3) is 1.50. The second kappa shape index (κ2) is 3.24. The van der Waals surface area contributed by atoms with Crippen LogP contribution in [0.25, 0.3) is 10.9 Å². The highest BCUT2D eigenvalue weighted by Gasteiger charge is 2.06. The molecule has 76 valence electrons. The van der Waals surface area contributed by atoms with Crippen LogP contribution in [0.15, 0.2) is 35.1 Å². The number of aromatic nitrogens is 1. The van der Waals surface area contributed by atoms with Gasteiger partial charge < -0.3 is 10.3 Å². The molecule has 0 aliphatic carbocycles. The maximum Gasteiger partial charge on any atom is 0.224 e. The molecule has 0 saturated heterocycles. The van der Waals surface area contributed by atoms with Crippen molar-refractivity contribution < 1.29 is 9.84 Å². The lowest BCUT2D eigenvalue weighted by Gasteiger charge is -2.01. The van der Waals surface area contributed by atoms with Crippen molar-refractivity contribution in [3.05, 3.63) is 51.5 Å². The van der Waals surface area contributed by atoms with Crippen molar-refractivity contribution >= 4 is 10.9 Å². The Hall–Kier alpha value is -2.10. The average Bonchev–Trinajstić information content (AvgIpc) is 2.35. The van der Waals surface area contributed by atoms with Crippen molar-refractivity contribution in [2.75, 3.05) is 0 Å². The van der Waals surface area contributed by atoms with E-state index in [4.69, 9.17) is 0 Å². The number of pyridine rings is 1. The van der Waals surface area contributed by atoms with Crippen molar-refractivity contribution in [1.29, 1.82) is 0 Å². The van der Waals surface area contributed by atoms with E-state index in [2.05, 4.69) is 0 Å². The van der Waals surface area contributed by atoms with Crippen molar-refractivity contribution in [2.24, 2.45) is 0 Å². The predicted molar refractivity (Wildman–Crippen MR) is 55.6 cm³/mol. The molecule has 1 aromatic carbocycles. The van der Waals surface area contributed by atoms with Gasteiger partial charge in [0.1, 0.15) is 0 Å². The zero-order valence-electron chi connectivity index (χ0n) is 8.10. The standard InChI is InChI=1S/C11H9NO3/c1-7-2-3-8-6-11(14)10(13)5-4-9(8)12(7)15/h2-6H,1H3,(H,13,14). The molecule has 1 aromatic heterocycles. The first-order chi connectivity index (χ1) is 7.09. The topological polar surface area (TPSA) is 64.2 Å². The molecule has 15 heavy (non-hydrogen) atoms. The average molecular weight is 203 g/mol. The van der Waals surface area contributed by atoms with Crippen LogP contribution in [0.3, 0.4) is 0 Å². The summed E-state index contributed by atoms with van der Waals surface area (Å²) in [5, 5.41) is 21.4. The normalized spacial score (nSPS) is 10.5. The lowest BCUT2D eigenvalue weighted by molar-refractivity contribution is -0.584. The van der Waals surface area contributed by atoms with Gasteiger partial charge in [0.15, 0.2) is 11.4 Å². The molecule has 0 atom stereocenters. The van der Waals surface area contributed by atoms with Crippen LogP contribution in [0, 0.1) is 12.1 Å². The third-order valence-corrected chi connectivity index (χ3v) is 2.28. The summed E-state index contributed by atoms with van der Waals surface area (Å²) in [5.74, 6) is -0.358. The summed E-state index contributed by atoms with van der Waals surface area (Å²) in [6.45, 7) is 1.68. The Morgan fingerprint density at radius 2 is 2.00 bits per heavy atom.